The number of hydrogen-bond acceptors (Lipinski definition) is 1. The first-order chi connectivity index (χ1) is 16.9. The van der Waals surface area contributed by atoms with Crippen molar-refractivity contribution in [1.29, 1.82) is 0 Å². The molecule has 35 heavy (non-hydrogen) atoms. The number of halogens is 1. The van der Waals surface area contributed by atoms with Gasteiger partial charge in [-0.05, 0) is 62.6 Å². The summed E-state index contributed by atoms with van der Waals surface area (Å²) in [5.74, 6) is 0.978. The monoisotopic (exact) mass is 490 g/mol. The highest BCUT2D eigenvalue weighted by Crippen LogP contribution is 2.36. The summed E-state index contributed by atoms with van der Waals surface area (Å²) >= 11 is 6.53. The van der Waals surface area contributed by atoms with Crippen LogP contribution in [-0.4, -0.2) is 9.55 Å². The third-order valence-corrected chi connectivity index (χ3v) is 5.76. The largest absolute Gasteiger partial charge is 0.303 e. The Labute approximate surface area is 219 Å². The van der Waals surface area contributed by atoms with E-state index in [1.54, 1.807) is 0 Å². The summed E-state index contributed by atoms with van der Waals surface area (Å²) in [6, 6.07) is 25.2. The molecule has 0 radical (unpaired) electrons. The van der Waals surface area contributed by atoms with E-state index in [1.165, 1.54) is 16.7 Å². The van der Waals surface area contributed by atoms with E-state index in [4.69, 9.17) is 16.6 Å². The van der Waals surface area contributed by atoms with Crippen LogP contribution in [0.5, 0.6) is 0 Å². The van der Waals surface area contributed by atoms with Crippen LogP contribution >= 0.6 is 11.6 Å². The predicted molar refractivity (Wildman–Crippen MR) is 156 cm³/mol. The number of imidazole rings is 1. The molecule has 188 valence electrons. The summed E-state index contributed by atoms with van der Waals surface area (Å²) in [5.41, 5.74) is 6.53. The highest BCUT2D eigenvalue weighted by molar-refractivity contribution is 6.31. The van der Waals surface area contributed by atoms with Crippen molar-refractivity contribution in [2.75, 3.05) is 0 Å². The van der Waals surface area contributed by atoms with Crippen LogP contribution in [0.1, 0.15) is 78.0 Å². The molecule has 0 saturated carbocycles. The molecule has 2 nitrogen and oxygen atoms in total. The van der Waals surface area contributed by atoms with Crippen LogP contribution in [0.15, 0.2) is 79.0 Å². The molecule has 0 atom stereocenters. The van der Waals surface area contributed by atoms with Crippen molar-refractivity contribution in [1.82, 2.24) is 9.55 Å². The number of nitrogens with zero attached hydrogens (tertiary/aromatic N) is 2. The average Bonchev–Trinajstić information content (AvgIpc) is 3.30. The second-order valence-corrected chi connectivity index (χ2v) is 8.50. The van der Waals surface area contributed by atoms with Crippen molar-refractivity contribution in [3.05, 3.63) is 107 Å². The molecule has 3 aromatic carbocycles. The van der Waals surface area contributed by atoms with Gasteiger partial charge in [-0.1, -0.05) is 113 Å². The van der Waals surface area contributed by atoms with E-state index >= 15 is 0 Å². The molecular formula is C32H43ClN2. The van der Waals surface area contributed by atoms with Gasteiger partial charge in [-0.3, -0.25) is 0 Å². The number of rotatable bonds is 4. The Morgan fingerprint density at radius 1 is 0.714 bits per heavy atom. The van der Waals surface area contributed by atoms with Gasteiger partial charge in [0.2, 0.25) is 0 Å². The molecule has 0 aliphatic rings. The van der Waals surface area contributed by atoms with Crippen molar-refractivity contribution < 1.29 is 0 Å². The van der Waals surface area contributed by atoms with Gasteiger partial charge in [-0.2, -0.15) is 0 Å². The lowest BCUT2D eigenvalue weighted by Gasteiger charge is -2.27. The lowest BCUT2D eigenvalue weighted by molar-refractivity contribution is 0.579. The standard InChI is InChI=1S/C26H25ClN2.3C2H6/c1-18-8-7-9-21(16-18)20-12-14-22(15-13-20)29-17-19(2)28-25(29)26(3,4)23-10-5-6-11-24(23)27;3*1-2/h5-17H,1-4H3;3*1-2H3. The molecular weight excluding hydrogens is 448 g/mol. The van der Waals surface area contributed by atoms with Crippen LogP contribution in [0, 0.1) is 13.8 Å². The molecule has 3 heteroatoms. The van der Waals surface area contributed by atoms with Gasteiger partial charge in [0, 0.05) is 22.3 Å². The van der Waals surface area contributed by atoms with E-state index in [0.29, 0.717) is 0 Å². The molecule has 0 spiro atoms. The third kappa shape index (κ3) is 7.32. The summed E-state index contributed by atoms with van der Waals surface area (Å²) in [7, 11) is 0. The summed E-state index contributed by atoms with van der Waals surface area (Å²) in [6.07, 6.45) is 2.09. The number of hydrogen-bond donors (Lipinski definition) is 0. The molecule has 4 aromatic rings. The highest BCUT2D eigenvalue weighted by Gasteiger charge is 2.31. The van der Waals surface area contributed by atoms with Crippen LogP contribution in [0.3, 0.4) is 0 Å². The number of aromatic nitrogens is 2. The smallest absolute Gasteiger partial charge is 0.123 e. The molecule has 0 aliphatic carbocycles. The number of aryl methyl sites for hydroxylation is 2. The Hall–Kier alpha value is -2.84. The Balaban J connectivity index is 0.000000949. The van der Waals surface area contributed by atoms with E-state index < -0.39 is 0 Å². The molecule has 1 aromatic heterocycles. The van der Waals surface area contributed by atoms with Crippen molar-refractivity contribution in [2.45, 2.75) is 74.7 Å². The van der Waals surface area contributed by atoms with Gasteiger partial charge in [0.1, 0.15) is 5.82 Å². The first-order valence-corrected chi connectivity index (χ1v) is 13.2. The normalized spacial score (nSPS) is 10.1. The maximum atomic E-state index is 6.53. The fourth-order valence-corrected chi connectivity index (χ4v) is 4.24. The predicted octanol–water partition coefficient (Wildman–Crippen LogP) is 10.2. The maximum Gasteiger partial charge on any atom is 0.123 e. The van der Waals surface area contributed by atoms with Gasteiger partial charge in [0.05, 0.1) is 5.69 Å². The zero-order valence-corrected chi connectivity index (χ0v) is 24.0. The van der Waals surface area contributed by atoms with Gasteiger partial charge >= 0.3 is 0 Å². The fraction of sp³-hybridized carbons (Fsp3) is 0.344. The quantitative estimate of drug-likeness (QED) is 0.278. The van der Waals surface area contributed by atoms with Gasteiger partial charge in [0.15, 0.2) is 0 Å². The van der Waals surface area contributed by atoms with E-state index in [0.717, 1.165) is 27.8 Å². The molecule has 0 aliphatic heterocycles. The minimum Gasteiger partial charge on any atom is -0.303 e. The molecule has 4 rings (SSSR count). The van der Waals surface area contributed by atoms with E-state index in [9.17, 15) is 0 Å². The Morgan fingerprint density at radius 2 is 1.31 bits per heavy atom. The van der Waals surface area contributed by atoms with Crippen LogP contribution in [0.2, 0.25) is 5.02 Å². The van der Waals surface area contributed by atoms with E-state index in [1.807, 2.05) is 66.7 Å². The van der Waals surface area contributed by atoms with Crippen molar-refractivity contribution in [2.24, 2.45) is 0 Å². The maximum absolute atomic E-state index is 6.53. The van der Waals surface area contributed by atoms with Crippen molar-refractivity contribution >= 4 is 11.6 Å². The Bertz CT molecular complexity index is 1150. The molecule has 0 amide bonds. The minimum atomic E-state index is -0.332. The second-order valence-electron chi connectivity index (χ2n) is 8.10. The molecule has 0 bridgehead atoms. The third-order valence-electron chi connectivity index (χ3n) is 5.43. The first-order valence-electron chi connectivity index (χ1n) is 12.9. The summed E-state index contributed by atoms with van der Waals surface area (Å²) in [5, 5.41) is 0.763. The van der Waals surface area contributed by atoms with Gasteiger partial charge in [-0.15, -0.1) is 0 Å². The van der Waals surface area contributed by atoms with Crippen LogP contribution in [-0.2, 0) is 5.41 Å². The lowest BCUT2D eigenvalue weighted by atomic mass is 9.83. The van der Waals surface area contributed by atoms with Crippen molar-refractivity contribution in [3.8, 4) is 16.8 Å². The minimum absolute atomic E-state index is 0.332. The summed E-state index contributed by atoms with van der Waals surface area (Å²) < 4.78 is 2.18. The average molecular weight is 491 g/mol. The number of benzene rings is 3. The first kappa shape index (κ1) is 30.2. The lowest BCUT2D eigenvalue weighted by Crippen LogP contribution is -2.24. The van der Waals surface area contributed by atoms with Gasteiger partial charge < -0.3 is 4.57 Å². The fourth-order valence-electron chi connectivity index (χ4n) is 3.86. The summed E-state index contributed by atoms with van der Waals surface area (Å²) in [4.78, 5) is 4.87. The van der Waals surface area contributed by atoms with E-state index in [-0.39, 0.29) is 5.41 Å². The Morgan fingerprint density at radius 3 is 1.89 bits per heavy atom. The molecule has 0 N–H and O–H groups in total. The van der Waals surface area contributed by atoms with Gasteiger partial charge in [0.25, 0.3) is 0 Å². The second kappa shape index (κ2) is 14.5. The topological polar surface area (TPSA) is 17.8 Å². The molecule has 1 heterocycles. The van der Waals surface area contributed by atoms with Crippen LogP contribution in [0.25, 0.3) is 16.8 Å². The highest BCUT2D eigenvalue weighted by atomic mass is 35.5. The Kier molecular flexibility index (Phi) is 12.5. The SMILES string of the molecule is CC.CC.CC.Cc1cccc(-c2ccc(-n3cc(C)nc3C(C)(C)c3ccccc3Cl)cc2)c1. The van der Waals surface area contributed by atoms with E-state index in [2.05, 4.69) is 86.1 Å². The molecule has 0 saturated heterocycles. The van der Waals surface area contributed by atoms with Gasteiger partial charge in [-0.25, -0.2) is 4.98 Å². The van der Waals surface area contributed by atoms with Crippen molar-refractivity contribution in [3.63, 3.8) is 0 Å². The van der Waals surface area contributed by atoms with Crippen LogP contribution < -0.4 is 0 Å². The molecule has 0 unspecified atom stereocenters. The zero-order chi connectivity index (χ0) is 26.6. The van der Waals surface area contributed by atoms with Crippen LogP contribution in [0.4, 0.5) is 0 Å². The molecule has 0 fully saturated rings. The summed E-state index contributed by atoms with van der Waals surface area (Å²) in [6.45, 7) is 20.5. The zero-order valence-electron chi connectivity index (χ0n) is 23.3.